The van der Waals surface area contributed by atoms with E-state index in [-0.39, 0.29) is 31.2 Å². The van der Waals surface area contributed by atoms with Crippen LogP contribution in [-0.4, -0.2) is 28.3 Å². The van der Waals surface area contributed by atoms with Gasteiger partial charge in [0.15, 0.2) is 0 Å². The summed E-state index contributed by atoms with van der Waals surface area (Å²) < 4.78 is 14.6. The molecule has 0 saturated heterocycles. The van der Waals surface area contributed by atoms with Gasteiger partial charge in [-0.3, -0.25) is 9.59 Å². The van der Waals surface area contributed by atoms with Gasteiger partial charge in [-0.15, -0.1) is 0 Å². The Kier molecular flexibility index (Phi) is 8.92. The predicted octanol–water partition coefficient (Wildman–Crippen LogP) is 6.23. The largest absolute Gasteiger partial charge is 0.350 e. The summed E-state index contributed by atoms with van der Waals surface area (Å²) in [5, 5.41) is 3.71. The number of nitrogens with zero attached hydrogens (tertiary/aromatic N) is 1. The normalized spacial score (nSPS) is 12.2. The smallest absolute Gasteiger partial charge is 0.243 e. The van der Waals surface area contributed by atoms with Crippen LogP contribution in [-0.2, 0) is 29.0 Å². The lowest BCUT2D eigenvalue weighted by atomic mass is 9.99. The van der Waals surface area contributed by atoms with Crippen LogP contribution in [0.15, 0.2) is 72.8 Å². The van der Waals surface area contributed by atoms with Gasteiger partial charge in [0.05, 0.1) is 16.5 Å². The molecule has 2 amide bonds. The third kappa shape index (κ3) is 7.81. The molecule has 7 heteroatoms. The number of hydrogen-bond donors (Lipinski definition) is 1. The molecule has 0 bridgehead atoms. The van der Waals surface area contributed by atoms with E-state index in [0.717, 1.165) is 5.56 Å². The molecule has 0 radical (unpaired) electrons. The van der Waals surface area contributed by atoms with E-state index in [1.54, 1.807) is 36.4 Å². The summed E-state index contributed by atoms with van der Waals surface area (Å²) in [5.41, 5.74) is 1.36. The van der Waals surface area contributed by atoms with Crippen LogP contribution in [0.3, 0.4) is 0 Å². The summed E-state index contributed by atoms with van der Waals surface area (Å²) >= 11 is 12.2. The lowest BCUT2D eigenvalue weighted by Crippen LogP contribution is -2.54. The van der Waals surface area contributed by atoms with E-state index in [1.807, 2.05) is 51.1 Å². The summed E-state index contributed by atoms with van der Waals surface area (Å²) in [4.78, 5) is 28.6. The lowest BCUT2D eigenvalue weighted by molar-refractivity contribution is -0.141. The maximum Gasteiger partial charge on any atom is 0.243 e. The molecule has 0 aromatic heterocycles. The standard InChI is InChI=1S/C28H29Cl2FN2O2/c1-28(2,3)32-27(35)25(16-19-9-5-4-6-10-19)33(18-21-11-7-8-12-24(21)31)26(34)17-20-13-14-22(29)23(30)15-20/h4-15,25H,16-18H2,1-3H3,(H,32,35)/t25-/m0/s1. The molecule has 0 aliphatic rings. The molecule has 0 aliphatic heterocycles. The van der Waals surface area contributed by atoms with Gasteiger partial charge < -0.3 is 10.2 Å². The average Bonchev–Trinajstić information content (AvgIpc) is 2.79. The molecule has 3 aromatic rings. The van der Waals surface area contributed by atoms with Crippen molar-refractivity contribution in [3.05, 3.63) is 105 Å². The van der Waals surface area contributed by atoms with Crippen LogP contribution in [0.5, 0.6) is 0 Å². The minimum Gasteiger partial charge on any atom is -0.350 e. The van der Waals surface area contributed by atoms with Gasteiger partial charge in [-0.25, -0.2) is 4.39 Å². The van der Waals surface area contributed by atoms with Gasteiger partial charge in [0, 0.05) is 24.1 Å². The number of carbonyl (C=O) groups is 2. The van der Waals surface area contributed by atoms with Crippen molar-refractivity contribution in [3.8, 4) is 0 Å². The van der Waals surface area contributed by atoms with E-state index in [2.05, 4.69) is 5.32 Å². The fraction of sp³-hybridized carbons (Fsp3) is 0.286. The van der Waals surface area contributed by atoms with Gasteiger partial charge in [0.2, 0.25) is 11.8 Å². The molecule has 3 aromatic carbocycles. The first kappa shape index (κ1) is 26.7. The third-order valence-corrected chi connectivity index (χ3v) is 6.15. The number of carbonyl (C=O) groups excluding carboxylic acids is 2. The van der Waals surface area contributed by atoms with Gasteiger partial charge >= 0.3 is 0 Å². The second kappa shape index (κ2) is 11.7. The highest BCUT2D eigenvalue weighted by Gasteiger charge is 2.32. The molecule has 0 unspecified atom stereocenters. The summed E-state index contributed by atoms with van der Waals surface area (Å²) in [6, 6.07) is 19.8. The molecule has 0 fully saturated rings. The van der Waals surface area contributed by atoms with Crippen molar-refractivity contribution in [2.45, 2.75) is 51.7 Å². The fourth-order valence-corrected chi connectivity index (χ4v) is 4.06. The Morgan fingerprint density at radius 1 is 0.914 bits per heavy atom. The van der Waals surface area contributed by atoms with Crippen molar-refractivity contribution in [2.24, 2.45) is 0 Å². The van der Waals surface area contributed by atoms with Crippen LogP contribution in [0.25, 0.3) is 0 Å². The summed E-state index contributed by atoms with van der Waals surface area (Å²) in [6.07, 6.45) is 0.268. The van der Waals surface area contributed by atoms with Crippen LogP contribution in [0, 0.1) is 5.82 Å². The summed E-state index contributed by atoms with van der Waals surface area (Å²) in [6.45, 7) is 5.58. The Bertz CT molecular complexity index is 1180. The second-order valence-electron chi connectivity index (χ2n) is 9.48. The highest BCUT2D eigenvalue weighted by atomic mass is 35.5. The second-order valence-corrected chi connectivity index (χ2v) is 10.3. The Balaban J connectivity index is 2.01. The monoisotopic (exact) mass is 514 g/mol. The SMILES string of the molecule is CC(C)(C)NC(=O)[C@H](Cc1ccccc1)N(Cc1ccccc1F)C(=O)Cc1ccc(Cl)c(Cl)c1. The Labute approximate surface area is 216 Å². The number of benzene rings is 3. The Morgan fingerprint density at radius 2 is 1.57 bits per heavy atom. The van der Waals surface area contributed by atoms with Crippen LogP contribution < -0.4 is 5.32 Å². The number of halogens is 3. The number of nitrogens with one attached hydrogen (secondary N) is 1. The molecule has 1 atom stereocenters. The summed E-state index contributed by atoms with van der Waals surface area (Å²) in [7, 11) is 0. The number of hydrogen-bond acceptors (Lipinski definition) is 2. The van der Waals surface area contributed by atoms with Crippen LogP contribution in [0.1, 0.15) is 37.5 Å². The fourth-order valence-electron chi connectivity index (χ4n) is 3.74. The highest BCUT2D eigenvalue weighted by Crippen LogP contribution is 2.24. The van der Waals surface area contributed by atoms with E-state index in [1.165, 1.54) is 11.0 Å². The van der Waals surface area contributed by atoms with Gasteiger partial charge in [-0.2, -0.15) is 0 Å². The molecule has 0 spiro atoms. The van der Waals surface area contributed by atoms with E-state index in [4.69, 9.17) is 23.2 Å². The quantitative estimate of drug-likeness (QED) is 0.387. The minimum absolute atomic E-state index is 0.0145. The molecule has 0 aliphatic carbocycles. The van der Waals surface area contributed by atoms with E-state index in [0.29, 0.717) is 21.2 Å². The zero-order valence-corrected chi connectivity index (χ0v) is 21.5. The van der Waals surface area contributed by atoms with E-state index < -0.39 is 17.4 Å². The van der Waals surface area contributed by atoms with E-state index in [9.17, 15) is 14.0 Å². The molecular weight excluding hydrogens is 486 g/mol. The molecule has 0 saturated carbocycles. The number of amides is 2. The van der Waals surface area contributed by atoms with Crippen LogP contribution >= 0.6 is 23.2 Å². The summed E-state index contributed by atoms with van der Waals surface area (Å²) in [5.74, 6) is -1.06. The Morgan fingerprint density at radius 3 is 2.20 bits per heavy atom. The molecule has 4 nitrogen and oxygen atoms in total. The van der Waals surface area contributed by atoms with Crippen molar-refractivity contribution in [2.75, 3.05) is 0 Å². The molecular formula is C28H29Cl2FN2O2. The van der Waals surface area contributed by atoms with Crippen molar-refractivity contribution < 1.29 is 14.0 Å². The lowest BCUT2D eigenvalue weighted by Gasteiger charge is -2.34. The molecule has 184 valence electrons. The molecule has 35 heavy (non-hydrogen) atoms. The topological polar surface area (TPSA) is 49.4 Å². The van der Waals surface area contributed by atoms with Crippen LogP contribution in [0.2, 0.25) is 10.0 Å². The van der Waals surface area contributed by atoms with Crippen LogP contribution in [0.4, 0.5) is 4.39 Å². The van der Waals surface area contributed by atoms with E-state index >= 15 is 0 Å². The molecule has 0 heterocycles. The minimum atomic E-state index is -0.855. The zero-order valence-electron chi connectivity index (χ0n) is 20.0. The highest BCUT2D eigenvalue weighted by molar-refractivity contribution is 6.42. The average molecular weight is 515 g/mol. The van der Waals surface area contributed by atoms with Gasteiger partial charge in [-0.1, -0.05) is 77.8 Å². The third-order valence-electron chi connectivity index (χ3n) is 5.41. The number of rotatable bonds is 8. The maximum absolute atomic E-state index is 14.6. The zero-order chi connectivity index (χ0) is 25.6. The first-order valence-electron chi connectivity index (χ1n) is 11.4. The predicted molar refractivity (Wildman–Crippen MR) is 139 cm³/mol. The Hall–Kier alpha value is -2.89. The van der Waals surface area contributed by atoms with Crippen molar-refractivity contribution in [3.63, 3.8) is 0 Å². The van der Waals surface area contributed by atoms with Gasteiger partial charge in [0.25, 0.3) is 0 Å². The first-order valence-corrected chi connectivity index (χ1v) is 12.1. The van der Waals surface area contributed by atoms with Crippen molar-refractivity contribution in [1.29, 1.82) is 0 Å². The first-order chi connectivity index (χ1) is 16.5. The molecule has 3 rings (SSSR count). The maximum atomic E-state index is 14.6. The van der Waals surface area contributed by atoms with Crippen molar-refractivity contribution >= 4 is 35.0 Å². The van der Waals surface area contributed by atoms with Gasteiger partial charge in [0.1, 0.15) is 11.9 Å². The van der Waals surface area contributed by atoms with Gasteiger partial charge in [-0.05, 0) is 50.1 Å². The molecule has 1 N–H and O–H groups in total. The van der Waals surface area contributed by atoms with Crippen molar-refractivity contribution in [1.82, 2.24) is 10.2 Å².